The molecular weight excluding hydrogens is 295 g/mol. The second-order valence-corrected chi connectivity index (χ2v) is 3.99. The van der Waals surface area contributed by atoms with Gasteiger partial charge in [-0.15, -0.1) is 0 Å². The SMILES string of the molecule is O=C(O)Cc1ccc2[nH]nc(I)c2c1. The van der Waals surface area contributed by atoms with Crippen LogP contribution in [0.3, 0.4) is 0 Å². The molecule has 2 aromatic rings. The monoisotopic (exact) mass is 302 g/mol. The number of halogens is 1. The molecular formula is C9H7IN2O2. The first kappa shape index (κ1) is 9.45. The first-order chi connectivity index (χ1) is 6.66. The fraction of sp³-hybridized carbons (Fsp3) is 0.111. The molecule has 0 fully saturated rings. The van der Waals surface area contributed by atoms with Crippen molar-refractivity contribution in [1.82, 2.24) is 10.2 Å². The Morgan fingerprint density at radius 1 is 1.57 bits per heavy atom. The molecule has 5 heteroatoms. The van der Waals surface area contributed by atoms with Crippen molar-refractivity contribution in [3.63, 3.8) is 0 Å². The van der Waals surface area contributed by atoms with Crippen molar-refractivity contribution in [2.24, 2.45) is 0 Å². The highest BCUT2D eigenvalue weighted by Gasteiger charge is 2.05. The van der Waals surface area contributed by atoms with Crippen molar-refractivity contribution in [1.29, 1.82) is 0 Å². The lowest BCUT2D eigenvalue weighted by molar-refractivity contribution is -0.136. The summed E-state index contributed by atoms with van der Waals surface area (Å²) in [7, 11) is 0. The molecule has 2 N–H and O–H groups in total. The maximum Gasteiger partial charge on any atom is 0.307 e. The van der Waals surface area contributed by atoms with Gasteiger partial charge in [-0.3, -0.25) is 9.89 Å². The van der Waals surface area contributed by atoms with E-state index in [4.69, 9.17) is 5.11 Å². The largest absolute Gasteiger partial charge is 0.481 e. The van der Waals surface area contributed by atoms with Crippen LogP contribution in [-0.4, -0.2) is 21.3 Å². The number of rotatable bonds is 2. The first-order valence-electron chi connectivity index (χ1n) is 4.01. The van der Waals surface area contributed by atoms with Crippen LogP contribution >= 0.6 is 22.6 Å². The zero-order valence-electron chi connectivity index (χ0n) is 7.12. The summed E-state index contributed by atoms with van der Waals surface area (Å²) >= 11 is 2.11. The number of nitrogens with zero attached hydrogens (tertiary/aromatic N) is 1. The maximum absolute atomic E-state index is 10.5. The molecule has 4 nitrogen and oxygen atoms in total. The Morgan fingerprint density at radius 2 is 2.36 bits per heavy atom. The molecule has 0 unspecified atom stereocenters. The number of fused-ring (bicyclic) bond motifs is 1. The van der Waals surface area contributed by atoms with Crippen LogP contribution in [-0.2, 0) is 11.2 Å². The zero-order valence-corrected chi connectivity index (χ0v) is 9.28. The second kappa shape index (κ2) is 3.56. The molecule has 0 aliphatic carbocycles. The van der Waals surface area contributed by atoms with E-state index in [0.717, 1.165) is 20.2 Å². The molecule has 14 heavy (non-hydrogen) atoms. The molecule has 0 saturated carbocycles. The van der Waals surface area contributed by atoms with Crippen LogP contribution in [0.2, 0.25) is 0 Å². The summed E-state index contributed by atoms with van der Waals surface area (Å²) in [5.41, 5.74) is 1.73. The van der Waals surface area contributed by atoms with Gasteiger partial charge in [0.1, 0.15) is 3.70 Å². The summed E-state index contributed by atoms with van der Waals surface area (Å²) in [5, 5.41) is 16.5. The number of hydrogen-bond donors (Lipinski definition) is 2. The van der Waals surface area contributed by atoms with Crippen LogP contribution in [0.5, 0.6) is 0 Å². The molecule has 1 aromatic heterocycles. The topological polar surface area (TPSA) is 66.0 Å². The number of nitrogens with one attached hydrogen (secondary N) is 1. The van der Waals surface area contributed by atoms with Gasteiger partial charge < -0.3 is 5.11 Å². The van der Waals surface area contributed by atoms with E-state index < -0.39 is 5.97 Å². The molecule has 0 amide bonds. The van der Waals surface area contributed by atoms with Crippen LogP contribution in [0.1, 0.15) is 5.56 Å². The van der Waals surface area contributed by atoms with Gasteiger partial charge >= 0.3 is 5.97 Å². The number of benzene rings is 1. The highest BCUT2D eigenvalue weighted by Crippen LogP contribution is 2.19. The van der Waals surface area contributed by atoms with E-state index in [-0.39, 0.29) is 6.42 Å². The molecule has 1 heterocycles. The van der Waals surface area contributed by atoms with Gasteiger partial charge in [0, 0.05) is 5.39 Å². The molecule has 0 saturated heterocycles. The molecule has 0 aliphatic heterocycles. The highest BCUT2D eigenvalue weighted by molar-refractivity contribution is 14.1. The lowest BCUT2D eigenvalue weighted by Gasteiger charge is -1.96. The predicted octanol–water partition coefficient (Wildman–Crippen LogP) is 1.79. The highest BCUT2D eigenvalue weighted by atomic mass is 127. The summed E-state index contributed by atoms with van der Waals surface area (Å²) < 4.78 is 0.866. The van der Waals surface area contributed by atoms with Crippen LogP contribution in [0, 0.1) is 3.70 Å². The molecule has 0 aliphatic rings. The van der Waals surface area contributed by atoms with Crippen LogP contribution in [0.25, 0.3) is 10.9 Å². The Hall–Kier alpha value is -1.11. The van der Waals surface area contributed by atoms with Gasteiger partial charge in [0.25, 0.3) is 0 Å². The number of carboxylic acid groups (broad SMARTS) is 1. The fourth-order valence-electron chi connectivity index (χ4n) is 1.31. The van der Waals surface area contributed by atoms with Gasteiger partial charge in [-0.2, -0.15) is 5.10 Å². The number of aromatic amines is 1. The summed E-state index contributed by atoms with van der Waals surface area (Å²) in [6.45, 7) is 0. The van der Waals surface area contributed by atoms with Crippen molar-refractivity contribution in [2.45, 2.75) is 6.42 Å². The number of carboxylic acids is 1. The standard InChI is InChI=1S/C9H7IN2O2/c10-9-6-3-5(4-8(13)14)1-2-7(6)11-12-9/h1-3H,4H2,(H,11,12)(H,13,14). The molecule has 0 atom stereocenters. The minimum absolute atomic E-state index is 0.0528. The Balaban J connectivity index is 2.49. The normalized spacial score (nSPS) is 10.6. The molecule has 0 spiro atoms. The van der Waals surface area contributed by atoms with E-state index >= 15 is 0 Å². The van der Waals surface area contributed by atoms with Crippen LogP contribution in [0.4, 0.5) is 0 Å². The summed E-state index contributed by atoms with van der Waals surface area (Å²) in [4.78, 5) is 10.5. The average molecular weight is 302 g/mol. The molecule has 0 bridgehead atoms. The fourth-order valence-corrected chi connectivity index (χ4v) is 1.88. The summed E-state index contributed by atoms with van der Waals surface area (Å²) in [5.74, 6) is -0.817. The van der Waals surface area contributed by atoms with Crippen molar-refractivity contribution in [2.75, 3.05) is 0 Å². The Bertz CT molecular complexity index is 493. The lowest BCUT2D eigenvalue weighted by atomic mass is 10.1. The van der Waals surface area contributed by atoms with Gasteiger partial charge in [0.15, 0.2) is 0 Å². The van der Waals surface area contributed by atoms with Crippen molar-refractivity contribution >= 4 is 39.5 Å². The van der Waals surface area contributed by atoms with Crippen LogP contribution < -0.4 is 0 Å². The zero-order chi connectivity index (χ0) is 10.1. The first-order valence-corrected chi connectivity index (χ1v) is 5.09. The third-order valence-corrected chi connectivity index (χ3v) is 2.76. The van der Waals surface area contributed by atoms with Gasteiger partial charge in [0.2, 0.25) is 0 Å². The molecule has 2 rings (SSSR count). The number of hydrogen-bond acceptors (Lipinski definition) is 2. The van der Waals surface area contributed by atoms with Gasteiger partial charge in [-0.25, -0.2) is 0 Å². The quantitative estimate of drug-likeness (QED) is 0.831. The van der Waals surface area contributed by atoms with E-state index in [1.165, 1.54) is 0 Å². The smallest absolute Gasteiger partial charge is 0.307 e. The van der Waals surface area contributed by atoms with Gasteiger partial charge in [0.05, 0.1) is 11.9 Å². The Kier molecular flexibility index (Phi) is 2.40. The van der Waals surface area contributed by atoms with Crippen LogP contribution in [0.15, 0.2) is 18.2 Å². The Labute approximate surface area is 93.5 Å². The third kappa shape index (κ3) is 1.72. The maximum atomic E-state index is 10.5. The van der Waals surface area contributed by atoms with E-state index in [2.05, 4.69) is 32.8 Å². The third-order valence-electron chi connectivity index (χ3n) is 1.94. The minimum atomic E-state index is -0.817. The number of H-pyrrole nitrogens is 1. The lowest BCUT2D eigenvalue weighted by Crippen LogP contribution is -1.99. The van der Waals surface area contributed by atoms with E-state index in [0.29, 0.717) is 0 Å². The van der Waals surface area contributed by atoms with Gasteiger partial charge in [-0.1, -0.05) is 6.07 Å². The molecule has 1 aromatic carbocycles. The molecule has 72 valence electrons. The minimum Gasteiger partial charge on any atom is -0.481 e. The second-order valence-electron chi connectivity index (χ2n) is 2.96. The summed E-state index contributed by atoms with van der Waals surface area (Å²) in [6, 6.07) is 5.50. The number of aliphatic carboxylic acids is 1. The number of aromatic nitrogens is 2. The predicted molar refractivity (Wildman–Crippen MR) is 60.2 cm³/mol. The van der Waals surface area contributed by atoms with E-state index in [1.807, 2.05) is 12.1 Å². The Morgan fingerprint density at radius 3 is 3.07 bits per heavy atom. The van der Waals surface area contributed by atoms with E-state index in [1.54, 1.807) is 6.07 Å². The average Bonchev–Trinajstić information content (AvgIpc) is 2.47. The molecule has 0 radical (unpaired) electrons. The van der Waals surface area contributed by atoms with Gasteiger partial charge in [-0.05, 0) is 40.3 Å². The van der Waals surface area contributed by atoms with Crippen molar-refractivity contribution < 1.29 is 9.90 Å². The summed E-state index contributed by atoms with van der Waals surface area (Å²) in [6.07, 6.45) is 0.0528. The number of carbonyl (C=O) groups is 1. The van der Waals surface area contributed by atoms with Crippen molar-refractivity contribution in [3.05, 3.63) is 27.5 Å². The van der Waals surface area contributed by atoms with Crippen molar-refractivity contribution in [3.8, 4) is 0 Å². The van der Waals surface area contributed by atoms with E-state index in [9.17, 15) is 4.79 Å².